The molecule has 0 saturated carbocycles. The quantitative estimate of drug-likeness (QED) is 0.705. The number of halogens is 1. The van der Waals surface area contributed by atoms with Gasteiger partial charge in [-0.05, 0) is 52.4 Å². The Hall–Kier alpha value is -2.87. The highest BCUT2D eigenvalue weighted by molar-refractivity contribution is 9.10. The summed E-state index contributed by atoms with van der Waals surface area (Å²) in [7, 11) is 3.28. The molecule has 0 spiro atoms. The molecule has 1 atom stereocenters. The van der Waals surface area contributed by atoms with Crippen molar-refractivity contribution in [1.82, 2.24) is 20.2 Å². The standard InChI is InChI=1S/C18H16BrN5O2/c1-25-13-7-8-17(26-2)14(9-13)16-10-15(11-3-5-12(19)6-4-11)20-18-21-22-23-24(16)18/h3-10,16H,1-2H3,(H,20,21,23)/t16-/m0/s1. The van der Waals surface area contributed by atoms with E-state index in [1.54, 1.807) is 18.9 Å². The number of methoxy groups -OCH3 is 2. The Kier molecular flexibility index (Phi) is 4.34. The molecule has 0 bridgehead atoms. The Morgan fingerprint density at radius 1 is 1.08 bits per heavy atom. The number of allylic oxidation sites excluding steroid dienone is 1. The topological polar surface area (TPSA) is 74.1 Å². The summed E-state index contributed by atoms with van der Waals surface area (Å²) < 4.78 is 13.7. The number of benzene rings is 2. The van der Waals surface area contributed by atoms with Crippen molar-refractivity contribution in [3.63, 3.8) is 0 Å². The molecular weight excluding hydrogens is 398 g/mol. The largest absolute Gasteiger partial charge is 0.497 e. The van der Waals surface area contributed by atoms with E-state index in [0.717, 1.165) is 32.8 Å². The van der Waals surface area contributed by atoms with Crippen LogP contribution >= 0.6 is 15.9 Å². The molecule has 0 fully saturated rings. The molecule has 8 heteroatoms. The van der Waals surface area contributed by atoms with Crippen molar-refractivity contribution in [2.24, 2.45) is 0 Å². The predicted molar refractivity (Wildman–Crippen MR) is 101 cm³/mol. The second kappa shape index (κ2) is 6.80. The molecular formula is C18H16BrN5O2. The summed E-state index contributed by atoms with van der Waals surface area (Å²) in [5.41, 5.74) is 2.88. The van der Waals surface area contributed by atoms with Crippen LogP contribution < -0.4 is 14.8 Å². The van der Waals surface area contributed by atoms with E-state index in [1.165, 1.54) is 0 Å². The van der Waals surface area contributed by atoms with Gasteiger partial charge in [0.1, 0.15) is 17.5 Å². The van der Waals surface area contributed by atoms with Gasteiger partial charge in [-0.1, -0.05) is 33.2 Å². The van der Waals surface area contributed by atoms with Crippen molar-refractivity contribution in [3.05, 3.63) is 64.1 Å². The van der Waals surface area contributed by atoms with E-state index >= 15 is 0 Å². The first-order valence-electron chi connectivity index (χ1n) is 7.94. The second-order valence-corrected chi connectivity index (χ2v) is 6.63. The monoisotopic (exact) mass is 413 g/mol. The zero-order valence-corrected chi connectivity index (χ0v) is 15.8. The molecule has 2 aromatic carbocycles. The smallest absolute Gasteiger partial charge is 0.248 e. The number of anilines is 1. The summed E-state index contributed by atoms with van der Waals surface area (Å²) in [4.78, 5) is 0. The molecule has 0 unspecified atom stereocenters. The minimum Gasteiger partial charge on any atom is -0.497 e. The fourth-order valence-corrected chi connectivity index (χ4v) is 3.21. The Labute approximate surface area is 158 Å². The van der Waals surface area contributed by atoms with Gasteiger partial charge in [0, 0.05) is 15.7 Å². The van der Waals surface area contributed by atoms with Gasteiger partial charge in [0.05, 0.1) is 14.2 Å². The van der Waals surface area contributed by atoms with Gasteiger partial charge in [0.15, 0.2) is 0 Å². The van der Waals surface area contributed by atoms with Crippen molar-refractivity contribution in [3.8, 4) is 11.5 Å². The van der Waals surface area contributed by atoms with Crippen LogP contribution in [0.15, 0.2) is 53.0 Å². The molecule has 26 heavy (non-hydrogen) atoms. The van der Waals surface area contributed by atoms with E-state index in [1.807, 2.05) is 42.5 Å². The molecule has 2 heterocycles. The Morgan fingerprint density at radius 3 is 2.62 bits per heavy atom. The molecule has 0 amide bonds. The number of nitrogens with zero attached hydrogens (tertiary/aromatic N) is 4. The zero-order valence-electron chi connectivity index (χ0n) is 14.2. The maximum absolute atomic E-state index is 5.55. The summed E-state index contributed by atoms with van der Waals surface area (Å²) in [5, 5.41) is 15.3. The van der Waals surface area contributed by atoms with E-state index in [9.17, 15) is 0 Å². The lowest BCUT2D eigenvalue weighted by atomic mass is 10.0. The molecule has 0 saturated heterocycles. The third-order valence-electron chi connectivity index (χ3n) is 4.24. The number of rotatable bonds is 4. The Balaban J connectivity index is 1.85. The number of hydrogen-bond donors (Lipinski definition) is 1. The average molecular weight is 414 g/mol. The third-order valence-corrected chi connectivity index (χ3v) is 4.77. The van der Waals surface area contributed by atoms with E-state index in [4.69, 9.17) is 9.47 Å². The van der Waals surface area contributed by atoms with Crippen molar-refractivity contribution in [1.29, 1.82) is 0 Å². The van der Waals surface area contributed by atoms with Gasteiger partial charge in [0.25, 0.3) is 0 Å². The number of ether oxygens (including phenoxy) is 2. The van der Waals surface area contributed by atoms with Crippen LogP contribution in [0, 0.1) is 0 Å². The number of aromatic nitrogens is 4. The van der Waals surface area contributed by atoms with Crippen LogP contribution in [-0.4, -0.2) is 34.4 Å². The average Bonchev–Trinajstić information content (AvgIpc) is 3.16. The van der Waals surface area contributed by atoms with Crippen LogP contribution in [-0.2, 0) is 0 Å². The van der Waals surface area contributed by atoms with Crippen LogP contribution in [0.1, 0.15) is 17.2 Å². The molecule has 1 aliphatic heterocycles. The highest BCUT2D eigenvalue weighted by Crippen LogP contribution is 2.37. The summed E-state index contributed by atoms with van der Waals surface area (Å²) >= 11 is 3.47. The van der Waals surface area contributed by atoms with Gasteiger partial charge < -0.3 is 14.8 Å². The van der Waals surface area contributed by atoms with Gasteiger partial charge in [0.2, 0.25) is 5.95 Å². The number of nitrogens with one attached hydrogen (secondary N) is 1. The molecule has 0 radical (unpaired) electrons. The molecule has 132 valence electrons. The van der Waals surface area contributed by atoms with E-state index in [-0.39, 0.29) is 6.04 Å². The predicted octanol–water partition coefficient (Wildman–Crippen LogP) is 3.51. The van der Waals surface area contributed by atoms with Crippen molar-refractivity contribution in [2.75, 3.05) is 19.5 Å². The maximum Gasteiger partial charge on any atom is 0.248 e. The lowest BCUT2D eigenvalue weighted by Crippen LogP contribution is -2.20. The first kappa shape index (κ1) is 16.6. The molecule has 7 nitrogen and oxygen atoms in total. The van der Waals surface area contributed by atoms with Gasteiger partial charge in [-0.2, -0.15) is 4.68 Å². The zero-order chi connectivity index (χ0) is 18.1. The molecule has 1 aliphatic rings. The Morgan fingerprint density at radius 2 is 1.88 bits per heavy atom. The van der Waals surface area contributed by atoms with Crippen LogP contribution in [0.4, 0.5) is 5.95 Å². The van der Waals surface area contributed by atoms with Gasteiger partial charge in [-0.25, -0.2) is 0 Å². The first-order valence-corrected chi connectivity index (χ1v) is 8.73. The SMILES string of the molecule is COc1ccc(OC)c([C@@H]2C=C(c3ccc(Br)cc3)Nc3nnnn32)c1. The lowest BCUT2D eigenvalue weighted by molar-refractivity contribution is 0.393. The van der Waals surface area contributed by atoms with Crippen LogP contribution in [0.3, 0.4) is 0 Å². The normalized spacial score (nSPS) is 15.7. The van der Waals surface area contributed by atoms with E-state index in [2.05, 4.69) is 42.8 Å². The van der Waals surface area contributed by atoms with Gasteiger partial charge in [-0.3, -0.25) is 0 Å². The summed E-state index contributed by atoms with van der Waals surface area (Å²) in [6, 6.07) is 13.5. The summed E-state index contributed by atoms with van der Waals surface area (Å²) in [5.74, 6) is 2.05. The highest BCUT2D eigenvalue weighted by atomic mass is 79.9. The summed E-state index contributed by atoms with van der Waals surface area (Å²) in [6.45, 7) is 0. The van der Waals surface area contributed by atoms with E-state index < -0.39 is 0 Å². The highest BCUT2D eigenvalue weighted by Gasteiger charge is 2.27. The number of tetrazole rings is 1. The third kappa shape index (κ3) is 2.92. The number of fused-ring (bicyclic) bond motifs is 1. The molecule has 4 rings (SSSR count). The maximum atomic E-state index is 5.55. The minimum atomic E-state index is -0.232. The van der Waals surface area contributed by atoms with E-state index in [0.29, 0.717) is 5.95 Å². The van der Waals surface area contributed by atoms with Crippen LogP contribution in [0.25, 0.3) is 5.70 Å². The van der Waals surface area contributed by atoms with Crippen LogP contribution in [0.5, 0.6) is 11.5 Å². The lowest BCUT2D eigenvalue weighted by Gasteiger charge is -2.25. The van der Waals surface area contributed by atoms with Crippen molar-refractivity contribution < 1.29 is 9.47 Å². The minimum absolute atomic E-state index is 0.232. The number of hydrogen-bond acceptors (Lipinski definition) is 6. The van der Waals surface area contributed by atoms with Crippen molar-refractivity contribution >= 4 is 27.6 Å². The van der Waals surface area contributed by atoms with Crippen molar-refractivity contribution in [2.45, 2.75) is 6.04 Å². The molecule has 3 aromatic rings. The molecule has 1 aromatic heterocycles. The summed E-state index contributed by atoms with van der Waals surface area (Å²) in [6.07, 6.45) is 2.07. The fourth-order valence-electron chi connectivity index (χ4n) is 2.94. The Bertz CT molecular complexity index is 968. The van der Waals surface area contributed by atoms with Gasteiger partial charge in [-0.15, -0.1) is 0 Å². The molecule has 0 aliphatic carbocycles. The molecule has 1 N–H and O–H groups in total. The first-order chi connectivity index (χ1) is 12.7. The van der Waals surface area contributed by atoms with Crippen LogP contribution in [0.2, 0.25) is 0 Å². The fraction of sp³-hybridized carbons (Fsp3) is 0.167. The second-order valence-electron chi connectivity index (χ2n) is 5.71. The van der Waals surface area contributed by atoms with Gasteiger partial charge >= 0.3 is 0 Å².